The molecule has 3 atom stereocenters. The fourth-order valence-electron chi connectivity index (χ4n) is 2.90. The van der Waals surface area contributed by atoms with Gasteiger partial charge in [0.25, 0.3) is 0 Å². The Morgan fingerprint density at radius 2 is 1.92 bits per heavy atom. The number of sulfone groups is 1. The smallest absolute Gasteiger partial charge is 0.228 e. The zero-order chi connectivity index (χ0) is 17.5. The molecule has 2 fully saturated rings. The van der Waals surface area contributed by atoms with Crippen LogP contribution in [0.2, 0.25) is 5.02 Å². The summed E-state index contributed by atoms with van der Waals surface area (Å²) in [7, 11) is -3.03. The molecule has 0 radical (unpaired) electrons. The molecular formula is C16H19ClN2O4S. The Balaban J connectivity index is 1.52. The van der Waals surface area contributed by atoms with Gasteiger partial charge in [-0.1, -0.05) is 17.7 Å². The number of anilines is 1. The van der Waals surface area contributed by atoms with Crippen LogP contribution >= 0.6 is 11.6 Å². The van der Waals surface area contributed by atoms with E-state index < -0.39 is 9.84 Å². The van der Waals surface area contributed by atoms with E-state index in [1.54, 1.807) is 12.1 Å². The van der Waals surface area contributed by atoms with E-state index >= 15 is 0 Å². The van der Waals surface area contributed by atoms with Crippen LogP contribution in [0.1, 0.15) is 18.4 Å². The highest BCUT2D eigenvalue weighted by Crippen LogP contribution is 2.40. The SMILES string of the molecule is Cc1ccc(NC(=O)C2CC2C(=O)NC2CCS(=O)(=O)C2)cc1Cl. The lowest BCUT2D eigenvalue weighted by molar-refractivity contribution is -0.125. The first-order valence-corrected chi connectivity index (χ1v) is 10.0. The van der Waals surface area contributed by atoms with Gasteiger partial charge >= 0.3 is 0 Å². The minimum atomic E-state index is -3.03. The maximum atomic E-state index is 12.2. The molecule has 130 valence electrons. The van der Waals surface area contributed by atoms with Gasteiger partial charge in [-0.05, 0) is 37.5 Å². The predicted octanol–water partition coefficient (Wildman–Crippen LogP) is 1.53. The van der Waals surface area contributed by atoms with Crippen molar-refractivity contribution in [2.45, 2.75) is 25.8 Å². The second-order valence-corrected chi connectivity index (χ2v) is 9.15. The Morgan fingerprint density at radius 3 is 2.54 bits per heavy atom. The molecule has 1 heterocycles. The van der Waals surface area contributed by atoms with E-state index in [-0.39, 0.29) is 41.2 Å². The summed E-state index contributed by atoms with van der Waals surface area (Å²) < 4.78 is 22.8. The van der Waals surface area contributed by atoms with E-state index in [9.17, 15) is 18.0 Å². The van der Waals surface area contributed by atoms with Crippen LogP contribution in [0.25, 0.3) is 0 Å². The summed E-state index contributed by atoms with van der Waals surface area (Å²) in [5.74, 6) is -1.10. The van der Waals surface area contributed by atoms with Crippen LogP contribution in [-0.4, -0.2) is 37.8 Å². The van der Waals surface area contributed by atoms with Gasteiger partial charge in [0, 0.05) is 16.8 Å². The first kappa shape index (κ1) is 17.2. The number of hydrogen-bond acceptors (Lipinski definition) is 4. The number of carbonyl (C=O) groups excluding carboxylic acids is 2. The molecule has 24 heavy (non-hydrogen) atoms. The number of rotatable bonds is 4. The predicted molar refractivity (Wildman–Crippen MR) is 91.6 cm³/mol. The van der Waals surface area contributed by atoms with E-state index in [2.05, 4.69) is 10.6 Å². The fraction of sp³-hybridized carbons (Fsp3) is 0.500. The van der Waals surface area contributed by atoms with Crippen molar-refractivity contribution in [3.05, 3.63) is 28.8 Å². The molecule has 2 aliphatic rings. The van der Waals surface area contributed by atoms with Crippen molar-refractivity contribution in [2.24, 2.45) is 11.8 Å². The average molecular weight is 371 g/mol. The molecule has 1 aromatic rings. The number of benzene rings is 1. The fourth-order valence-corrected chi connectivity index (χ4v) is 4.75. The molecule has 0 bridgehead atoms. The highest BCUT2D eigenvalue weighted by Gasteiger charge is 2.48. The number of nitrogens with one attached hydrogen (secondary N) is 2. The van der Waals surface area contributed by atoms with Crippen molar-refractivity contribution in [2.75, 3.05) is 16.8 Å². The van der Waals surface area contributed by atoms with Crippen molar-refractivity contribution < 1.29 is 18.0 Å². The Labute approximate surface area is 145 Å². The first-order chi connectivity index (χ1) is 11.2. The average Bonchev–Trinajstić information content (AvgIpc) is 3.23. The van der Waals surface area contributed by atoms with E-state index in [0.29, 0.717) is 23.6 Å². The van der Waals surface area contributed by atoms with Crippen LogP contribution in [0.3, 0.4) is 0 Å². The van der Waals surface area contributed by atoms with E-state index in [0.717, 1.165) is 5.56 Å². The Hall–Kier alpha value is -1.60. The maximum absolute atomic E-state index is 12.2. The molecule has 1 aliphatic heterocycles. The van der Waals surface area contributed by atoms with Crippen LogP contribution in [0.4, 0.5) is 5.69 Å². The number of amides is 2. The van der Waals surface area contributed by atoms with Crippen molar-refractivity contribution in [1.29, 1.82) is 0 Å². The summed E-state index contributed by atoms with van der Waals surface area (Å²) in [6, 6.07) is 4.92. The molecule has 0 aromatic heterocycles. The molecule has 3 unspecified atom stereocenters. The maximum Gasteiger partial charge on any atom is 0.228 e. The quantitative estimate of drug-likeness (QED) is 0.840. The molecule has 1 saturated carbocycles. The van der Waals surface area contributed by atoms with Gasteiger partial charge < -0.3 is 10.6 Å². The van der Waals surface area contributed by atoms with Crippen LogP contribution in [0.15, 0.2) is 18.2 Å². The van der Waals surface area contributed by atoms with E-state index in [1.807, 2.05) is 13.0 Å². The lowest BCUT2D eigenvalue weighted by Crippen LogP contribution is -2.37. The van der Waals surface area contributed by atoms with E-state index in [1.165, 1.54) is 0 Å². The third-order valence-electron chi connectivity index (χ3n) is 4.48. The highest BCUT2D eigenvalue weighted by molar-refractivity contribution is 7.91. The van der Waals surface area contributed by atoms with Gasteiger partial charge in [0.1, 0.15) is 0 Å². The Bertz CT molecular complexity index is 793. The topological polar surface area (TPSA) is 92.3 Å². The minimum Gasteiger partial charge on any atom is -0.352 e. The molecule has 1 aromatic carbocycles. The summed E-state index contributed by atoms with van der Waals surface area (Å²) in [6.45, 7) is 1.87. The third kappa shape index (κ3) is 3.89. The summed E-state index contributed by atoms with van der Waals surface area (Å²) >= 11 is 6.03. The molecule has 2 amide bonds. The van der Waals surface area contributed by atoms with Gasteiger partial charge in [0.15, 0.2) is 9.84 Å². The van der Waals surface area contributed by atoms with Gasteiger partial charge in [0.05, 0.1) is 23.3 Å². The standard InChI is InChI=1S/C16H19ClN2O4S/c1-9-2-3-10(6-14(9)17)18-15(20)12-7-13(12)16(21)19-11-4-5-24(22,23)8-11/h2-3,6,11-13H,4-5,7-8H2,1H3,(H,18,20)(H,19,21). The van der Waals surface area contributed by atoms with E-state index in [4.69, 9.17) is 11.6 Å². The minimum absolute atomic E-state index is 0.00973. The third-order valence-corrected chi connectivity index (χ3v) is 6.66. The second kappa shape index (κ2) is 6.37. The van der Waals surface area contributed by atoms with Crippen molar-refractivity contribution in [3.8, 4) is 0 Å². The molecular weight excluding hydrogens is 352 g/mol. The highest BCUT2D eigenvalue weighted by atomic mass is 35.5. The van der Waals surface area contributed by atoms with Gasteiger partial charge in [-0.2, -0.15) is 0 Å². The van der Waals surface area contributed by atoms with Gasteiger partial charge in [0.2, 0.25) is 11.8 Å². The van der Waals surface area contributed by atoms with Crippen LogP contribution in [-0.2, 0) is 19.4 Å². The summed E-state index contributed by atoms with van der Waals surface area (Å²) in [5.41, 5.74) is 1.52. The monoisotopic (exact) mass is 370 g/mol. The number of halogens is 1. The van der Waals surface area contributed by atoms with Crippen molar-refractivity contribution in [3.63, 3.8) is 0 Å². The molecule has 2 N–H and O–H groups in total. The molecule has 0 spiro atoms. The summed E-state index contributed by atoms with van der Waals surface area (Å²) in [6.07, 6.45) is 0.927. The zero-order valence-corrected chi connectivity index (χ0v) is 14.8. The summed E-state index contributed by atoms with van der Waals surface area (Å²) in [4.78, 5) is 24.3. The number of hydrogen-bond donors (Lipinski definition) is 2. The molecule has 1 aliphatic carbocycles. The normalized spacial score (nSPS) is 27.5. The lowest BCUT2D eigenvalue weighted by atomic mass is 10.2. The molecule has 6 nitrogen and oxygen atoms in total. The van der Waals surface area contributed by atoms with Crippen LogP contribution in [0, 0.1) is 18.8 Å². The van der Waals surface area contributed by atoms with Gasteiger partial charge in [-0.3, -0.25) is 9.59 Å². The first-order valence-electron chi connectivity index (χ1n) is 7.83. The molecule has 3 rings (SSSR count). The Kier molecular flexibility index (Phi) is 4.57. The van der Waals surface area contributed by atoms with Crippen molar-refractivity contribution in [1.82, 2.24) is 5.32 Å². The number of aryl methyl sites for hydroxylation is 1. The van der Waals surface area contributed by atoms with Crippen LogP contribution < -0.4 is 10.6 Å². The lowest BCUT2D eigenvalue weighted by Gasteiger charge is -2.11. The zero-order valence-electron chi connectivity index (χ0n) is 13.2. The second-order valence-electron chi connectivity index (χ2n) is 6.51. The Morgan fingerprint density at radius 1 is 1.21 bits per heavy atom. The van der Waals surface area contributed by atoms with Crippen LogP contribution in [0.5, 0.6) is 0 Å². The van der Waals surface area contributed by atoms with Gasteiger partial charge in [-0.15, -0.1) is 0 Å². The molecule has 8 heteroatoms. The largest absolute Gasteiger partial charge is 0.352 e. The van der Waals surface area contributed by atoms with Crippen molar-refractivity contribution >= 4 is 38.9 Å². The summed E-state index contributed by atoms with van der Waals surface area (Å²) in [5, 5.41) is 6.08. The molecule has 1 saturated heterocycles. The number of carbonyl (C=O) groups is 2. The van der Waals surface area contributed by atoms with Gasteiger partial charge in [-0.25, -0.2) is 8.42 Å².